The van der Waals surface area contributed by atoms with E-state index < -0.39 is 24.3 Å². The topological polar surface area (TPSA) is 60.6 Å². The van der Waals surface area contributed by atoms with Gasteiger partial charge in [0, 0.05) is 11.7 Å². The number of benzene rings is 1. The standard InChI is InChI=1S/C18H22BNO4/c1-17(2)18(3,4)24-19(23-17)14-10-15(20-11-14)16(21)22-12-13-8-6-5-7-9-13/h5-11,20H,12H2,1-4H3. The van der Waals surface area contributed by atoms with Crippen LogP contribution in [-0.2, 0) is 20.7 Å². The molecule has 2 heterocycles. The van der Waals surface area contributed by atoms with Crippen molar-refractivity contribution in [3.63, 3.8) is 0 Å². The summed E-state index contributed by atoms with van der Waals surface area (Å²) in [5.41, 5.74) is 1.28. The van der Waals surface area contributed by atoms with E-state index in [4.69, 9.17) is 14.0 Å². The number of esters is 1. The first-order valence-electron chi connectivity index (χ1n) is 8.03. The molecule has 1 N–H and O–H groups in total. The molecule has 1 aromatic heterocycles. The highest BCUT2D eigenvalue weighted by Crippen LogP contribution is 2.36. The average Bonchev–Trinajstić information content (AvgIpc) is 3.09. The Morgan fingerprint density at radius 1 is 1.12 bits per heavy atom. The minimum atomic E-state index is -0.498. The molecule has 1 aromatic carbocycles. The fraction of sp³-hybridized carbons (Fsp3) is 0.389. The molecule has 3 rings (SSSR count). The first-order valence-corrected chi connectivity index (χ1v) is 8.03. The van der Waals surface area contributed by atoms with Crippen molar-refractivity contribution in [2.24, 2.45) is 0 Å². The van der Waals surface area contributed by atoms with E-state index >= 15 is 0 Å². The summed E-state index contributed by atoms with van der Waals surface area (Å²) in [5.74, 6) is -0.401. The minimum Gasteiger partial charge on any atom is -0.456 e. The molecule has 0 unspecified atom stereocenters. The number of aromatic amines is 1. The fourth-order valence-electron chi connectivity index (χ4n) is 2.45. The van der Waals surface area contributed by atoms with Gasteiger partial charge in [0.1, 0.15) is 12.3 Å². The van der Waals surface area contributed by atoms with Crippen molar-refractivity contribution in [1.82, 2.24) is 4.98 Å². The number of aromatic nitrogens is 1. The summed E-state index contributed by atoms with van der Waals surface area (Å²) >= 11 is 0. The van der Waals surface area contributed by atoms with Crippen LogP contribution in [0.15, 0.2) is 42.6 Å². The first-order chi connectivity index (χ1) is 11.3. The third kappa shape index (κ3) is 3.25. The van der Waals surface area contributed by atoms with Crippen molar-refractivity contribution in [3.05, 3.63) is 53.9 Å². The Morgan fingerprint density at radius 3 is 2.38 bits per heavy atom. The van der Waals surface area contributed by atoms with Crippen molar-refractivity contribution < 1.29 is 18.8 Å². The summed E-state index contributed by atoms with van der Waals surface area (Å²) in [7, 11) is -0.498. The Hall–Kier alpha value is -2.05. The predicted octanol–water partition coefficient (Wildman–Crippen LogP) is 2.67. The van der Waals surface area contributed by atoms with Crippen molar-refractivity contribution in [2.45, 2.75) is 45.5 Å². The van der Waals surface area contributed by atoms with Gasteiger partial charge in [-0.2, -0.15) is 0 Å². The molecule has 0 radical (unpaired) electrons. The molecule has 0 aliphatic carbocycles. The fourth-order valence-corrected chi connectivity index (χ4v) is 2.45. The van der Waals surface area contributed by atoms with Gasteiger partial charge in [-0.25, -0.2) is 4.79 Å². The molecule has 6 heteroatoms. The van der Waals surface area contributed by atoms with Crippen LogP contribution in [-0.4, -0.2) is 29.3 Å². The average molecular weight is 327 g/mol. The van der Waals surface area contributed by atoms with Crippen LogP contribution in [0.5, 0.6) is 0 Å². The molecule has 1 fully saturated rings. The lowest BCUT2D eigenvalue weighted by Gasteiger charge is -2.32. The lowest BCUT2D eigenvalue weighted by atomic mass is 9.81. The van der Waals surface area contributed by atoms with Gasteiger partial charge < -0.3 is 19.0 Å². The zero-order chi connectivity index (χ0) is 17.4. The summed E-state index contributed by atoms with van der Waals surface area (Å²) in [6.07, 6.45) is 1.72. The minimum absolute atomic E-state index is 0.241. The summed E-state index contributed by atoms with van der Waals surface area (Å²) in [6, 6.07) is 11.3. The maximum Gasteiger partial charge on any atom is 0.496 e. The van der Waals surface area contributed by atoms with E-state index in [1.165, 1.54) is 0 Å². The molecule has 0 bridgehead atoms. The summed E-state index contributed by atoms with van der Waals surface area (Å²) in [4.78, 5) is 15.1. The quantitative estimate of drug-likeness (QED) is 0.693. The van der Waals surface area contributed by atoms with Gasteiger partial charge in [0.2, 0.25) is 0 Å². The zero-order valence-corrected chi connectivity index (χ0v) is 14.5. The van der Waals surface area contributed by atoms with Crippen molar-refractivity contribution in [1.29, 1.82) is 0 Å². The lowest BCUT2D eigenvalue weighted by Crippen LogP contribution is -2.41. The van der Waals surface area contributed by atoms with E-state index in [1.807, 2.05) is 58.0 Å². The molecule has 5 nitrogen and oxygen atoms in total. The van der Waals surface area contributed by atoms with E-state index in [2.05, 4.69) is 4.98 Å². The number of carbonyl (C=O) groups is 1. The number of H-pyrrole nitrogens is 1. The summed E-state index contributed by atoms with van der Waals surface area (Å²) in [5, 5.41) is 0. The molecule has 1 aliphatic heterocycles. The van der Waals surface area contributed by atoms with Gasteiger partial charge in [0.05, 0.1) is 11.2 Å². The van der Waals surface area contributed by atoms with Gasteiger partial charge in [-0.15, -0.1) is 0 Å². The van der Waals surface area contributed by atoms with Gasteiger partial charge in [-0.3, -0.25) is 0 Å². The second-order valence-electron chi connectivity index (χ2n) is 7.00. The first kappa shape index (κ1) is 16.8. The number of carbonyl (C=O) groups excluding carboxylic acids is 1. The van der Waals surface area contributed by atoms with Crippen LogP contribution in [0.1, 0.15) is 43.7 Å². The predicted molar refractivity (Wildman–Crippen MR) is 92.1 cm³/mol. The summed E-state index contributed by atoms with van der Waals surface area (Å²) < 4.78 is 17.3. The van der Waals surface area contributed by atoms with Crippen LogP contribution in [0.25, 0.3) is 0 Å². The maximum absolute atomic E-state index is 12.2. The number of rotatable bonds is 4. The molecule has 1 aliphatic rings. The van der Waals surface area contributed by atoms with Crippen LogP contribution >= 0.6 is 0 Å². The third-order valence-corrected chi connectivity index (χ3v) is 4.66. The van der Waals surface area contributed by atoms with Gasteiger partial charge in [0.15, 0.2) is 0 Å². The van der Waals surface area contributed by atoms with Crippen LogP contribution in [0, 0.1) is 0 Å². The monoisotopic (exact) mass is 327 g/mol. The smallest absolute Gasteiger partial charge is 0.456 e. The number of hydrogen-bond acceptors (Lipinski definition) is 4. The number of hydrogen-bond donors (Lipinski definition) is 1. The highest BCUT2D eigenvalue weighted by atomic mass is 16.7. The second kappa shape index (κ2) is 6.11. The third-order valence-electron chi connectivity index (χ3n) is 4.66. The lowest BCUT2D eigenvalue weighted by molar-refractivity contribution is 0.00578. The Morgan fingerprint density at radius 2 is 1.75 bits per heavy atom. The molecule has 0 saturated carbocycles. The molecule has 24 heavy (non-hydrogen) atoms. The van der Waals surface area contributed by atoms with E-state index in [0.717, 1.165) is 11.0 Å². The van der Waals surface area contributed by atoms with Crippen LogP contribution < -0.4 is 5.46 Å². The van der Waals surface area contributed by atoms with Gasteiger partial charge in [-0.1, -0.05) is 30.3 Å². The molecular formula is C18H22BNO4. The van der Waals surface area contributed by atoms with Gasteiger partial charge in [0.25, 0.3) is 0 Å². The molecule has 1 saturated heterocycles. The Labute approximate surface area is 142 Å². The highest BCUT2D eigenvalue weighted by molar-refractivity contribution is 6.62. The van der Waals surface area contributed by atoms with Crippen molar-refractivity contribution >= 4 is 18.6 Å². The number of nitrogens with one attached hydrogen (secondary N) is 1. The summed E-state index contributed by atoms with van der Waals surface area (Å²) in [6.45, 7) is 8.22. The van der Waals surface area contributed by atoms with Gasteiger partial charge >= 0.3 is 13.1 Å². The maximum atomic E-state index is 12.2. The zero-order valence-electron chi connectivity index (χ0n) is 14.5. The van der Waals surface area contributed by atoms with Gasteiger partial charge in [-0.05, 0) is 39.3 Å². The van der Waals surface area contributed by atoms with E-state index in [9.17, 15) is 4.79 Å². The molecular weight excluding hydrogens is 305 g/mol. The van der Waals surface area contributed by atoms with Crippen LogP contribution in [0.3, 0.4) is 0 Å². The second-order valence-corrected chi connectivity index (χ2v) is 7.00. The molecule has 0 spiro atoms. The Bertz CT molecular complexity index is 708. The highest BCUT2D eigenvalue weighted by Gasteiger charge is 2.52. The molecule has 2 aromatic rings. The normalized spacial score (nSPS) is 18.6. The molecule has 0 amide bonds. The Balaban J connectivity index is 1.64. The van der Waals surface area contributed by atoms with E-state index in [0.29, 0.717) is 5.69 Å². The van der Waals surface area contributed by atoms with Crippen molar-refractivity contribution in [2.75, 3.05) is 0 Å². The van der Waals surface area contributed by atoms with Crippen LogP contribution in [0.2, 0.25) is 0 Å². The van der Waals surface area contributed by atoms with Crippen LogP contribution in [0.4, 0.5) is 0 Å². The van der Waals surface area contributed by atoms with E-state index in [-0.39, 0.29) is 6.61 Å². The SMILES string of the molecule is CC1(C)OB(c2c[nH]c(C(=O)OCc3ccccc3)c2)OC1(C)C. The largest absolute Gasteiger partial charge is 0.496 e. The number of ether oxygens (including phenoxy) is 1. The van der Waals surface area contributed by atoms with Crippen molar-refractivity contribution in [3.8, 4) is 0 Å². The molecule has 126 valence electrons. The Kier molecular flexibility index (Phi) is 4.28. The molecule has 0 atom stereocenters. The van der Waals surface area contributed by atoms with E-state index in [1.54, 1.807) is 12.3 Å².